The summed E-state index contributed by atoms with van der Waals surface area (Å²) in [5.74, 6) is -1.15. The molecule has 3 aromatic carbocycles. The predicted octanol–water partition coefficient (Wildman–Crippen LogP) is 5.80. The van der Waals surface area contributed by atoms with Crippen molar-refractivity contribution in [2.75, 3.05) is 0 Å². The van der Waals surface area contributed by atoms with Crippen molar-refractivity contribution in [2.45, 2.75) is 25.8 Å². The SMILES string of the molecule is O=c1c2[nH]c(-c3cnn(Cc4ccccc4C(F)(F)F)c3)cc2n(Cc2ccccc2F)c(=O)n1Cc1ccccc1F. The fraction of sp³-hybridized carbons (Fsp3) is 0.129. The lowest BCUT2D eigenvalue weighted by Crippen LogP contribution is -2.40. The Balaban J connectivity index is 1.45. The highest BCUT2D eigenvalue weighted by molar-refractivity contribution is 5.82. The van der Waals surface area contributed by atoms with Crippen molar-refractivity contribution < 1.29 is 22.0 Å². The number of fused-ring (bicyclic) bond motifs is 1. The maximum atomic E-state index is 14.6. The van der Waals surface area contributed by atoms with E-state index in [1.807, 2.05) is 0 Å². The Labute approximate surface area is 240 Å². The molecule has 0 fully saturated rings. The number of H-pyrrole nitrogens is 1. The maximum absolute atomic E-state index is 14.6. The highest BCUT2D eigenvalue weighted by Gasteiger charge is 2.33. The van der Waals surface area contributed by atoms with Gasteiger partial charge in [0.1, 0.15) is 17.2 Å². The molecule has 0 spiro atoms. The molecule has 0 saturated heterocycles. The van der Waals surface area contributed by atoms with E-state index in [-0.39, 0.29) is 47.4 Å². The molecule has 0 saturated carbocycles. The average Bonchev–Trinajstić information content (AvgIpc) is 3.63. The maximum Gasteiger partial charge on any atom is 0.416 e. The van der Waals surface area contributed by atoms with Crippen LogP contribution in [0.4, 0.5) is 22.0 Å². The first-order valence-electron chi connectivity index (χ1n) is 13.1. The summed E-state index contributed by atoms with van der Waals surface area (Å²) in [5, 5.41) is 4.19. The molecular formula is C31H22F5N5O2. The van der Waals surface area contributed by atoms with Crippen molar-refractivity contribution in [1.82, 2.24) is 23.9 Å². The zero-order valence-corrected chi connectivity index (χ0v) is 22.3. The summed E-state index contributed by atoms with van der Waals surface area (Å²) >= 11 is 0. The van der Waals surface area contributed by atoms with Crippen LogP contribution in [-0.4, -0.2) is 23.9 Å². The van der Waals surface area contributed by atoms with Crippen LogP contribution >= 0.6 is 0 Å². The van der Waals surface area contributed by atoms with Crippen LogP contribution in [0.5, 0.6) is 0 Å². The Hall–Kier alpha value is -5.26. The second-order valence-corrected chi connectivity index (χ2v) is 9.97. The van der Waals surface area contributed by atoms with Crippen LogP contribution in [0.1, 0.15) is 22.3 Å². The van der Waals surface area contributed by atoms with Gasteiger partial charge < -0.3 is 4.98 Å². The second kappa shape index (κ2) is 10.9. The van der Waals surface area contributed by atoms with Gasteiger partial charge in [0.25, 0.3) is 5.56 Å². The minimum Gasteiger partial charge on any atom is -0.349 e. The van der Waals surface area contributed by atoms with E-state index in [4.69, 9.17) is 0 Å². The first-order valence-corrected chi connectivity index (χ1v) is 13.1. The zero-order valence-electron chi connectivity index (χ0n) is 22.3. The van der Waals surface area contributed by atoms with Gasteiger partial charge in [-0.25, -0.2) is 13.6 Å². The number of aromatic nitrogens is 5. The zero-order chi connectivity index (χ0) is 30.3. The summed E-state index contributed by atoms with van der Waals surface area (Å²) in [6.07, 6.45) is -1.61. The van der Waals surface area contributed by atoms with E-state index >= 15 is 0 Å². The Morgan fingerprint density at radius 2 is 1.33 bits per heavy atom. The minimum atomic E-state index is -4.53. The molecule has 0 aliphatic carbocycles. The quantitative estimate of drug-likeness (QED) is 0.239. The lowest BCUT2D eigenvalue weighted by molar-refractivity contribution is -0.138. The van der Waals surface area contributed by atoms with Gasteiger partial charge in [-0.1, -0.05) is 54.6 Å². The molecule has 0 amide bonds. The van der Waals surface area contributed by atoms with E-state index < -0.39 is 34.6 Å². The predicted molar refractivity (Wildman–Crippen MR) is 150 cm³/mol. The summed E-state index contributed by atoms with van der Waals surface area (Å²) in [7, 11) is 0. The van der Waals surface area contributed by atoms with Crippen LogP contribution in [0.3, 0.4) is 0 Å². The van der Waals surface area contributed by atoms with Gasteiger partial charge in [0.2, 0.25) is 0 Å². The topological polar surface area (TPSA) is 77.6 Å². The van der Waals surface area contributed by atoms with E-state index in [0.717, 1.165) is 10.6 Å². The molecular weight excluding hydrogens is 569 g/mol. The third kappa shape index (κ3) is 5.39. The molecule has 6 rings (SSSR count). The highest BCUT2D eigenvalue weighted by atomic mass is 19.4. The van der Waals surface area contributed by atoms with Crippen LogP contribution in [0.15, 0.2) is 101 Å². The average molecular weight is 592 g/mol. The van der Waals surface area contributed by atoms with Crippen LogP contribution in [-0.2, 0) is 25.8 Å². The number of hydrogen-bond donors (Lipinski definition) is 1. The molecule has 43 heavy (non-hydrogen) atoms. The number of nitrogens with zero attached hydrogens (tertiary/aromatic N) is 4. The molecule has 218 valence electrons. The Kier molecular flexibility index (Phi) is 7.04. The fourth-order valence-corrected chi connectivity index (χ4v) is 5.03. The Morgan fingerprint density at radius 3 is 1.95 bits per heavy atom. The third-order valence-electron chi connectivity index (χ3n) is 7.18. The summed E-state index contributed by atoms with van der Waals surface area (Å²) in [5.41, 5.74) is -0.947. The van der Waals surface area contributed by atoms with Gasteiger partial charge in [-0.2, -0.15) is 18.3 Å². The summed E-state index contributed by atoms with van der Waals surface area (Å²) in [6.45, 7) is -0.740. The molecule has 0 unspecified atom stereocenters. The number of alkyl halides is 3. The van der Waals surface area contributed by atoms with E-state index in [2.05, 4.69) is 10.1 Å². The molecule has 0 radical (unpaired) electrons. The van der Waals surface area contributed by atoms with Gasteiger partial charge >= 0.3 is 11.9 Å². The first kappa shape index (κ1) is 27.9. The monoisotopic (exact) mass is 591 g/mol. The summed E-state index contributed by atoms with van der Waals surface area (Å²) < 4.78 is 73.0. The van der Waals surface area contributed by atoms with E-state index in [1.165, 1.54) is 82.3 Å². The second-order valence-electron chi connectivity index (χ2n) is 9.97. The van der Waals surface area contributed by atoms with Crippen molar-refractivity contribution in [3.63, 3.8) is 0 Å². The van der Waals surface area contributed by atoms with Crippen molar-refractivity contribution >= 4 is 11.0 Å². The number of nitrogens with one attached hydrogen (secondary N) is 1. The van der Waals surface area contributed by atoms with Crippen LogP contribution in [0, 0.1) is 11.6 Å². The van der Waals surface area contributed by atoms with Gasteiger partial charge in [0, 0.05) is 22.9 Å². The Bertz CT molecular complexity index is 2090. The molecule has 3 heterocycles. The molecule has 0 atom stereocenters. The van der Waals surface area contributed by atoms with Gasteiger partial charge in [0.15, 0.2) is 0 Å². The van der Waals surface area contributed by atoms with E-state index in [1.54, 1.807) is 12.1 Å². The summed E-state index contributed by atoms with van der Waals surface area (Å²) in [4.78, 5) is 30.2. The van der Waals surface area contributed by atoms with E-state index in [0.29, 0.717) is 11.3 Å². The third-order valence-corrected chi connectivity index (χ3v) is 7.18. The van der Waals surface area contributed by atoms with Crippen LogP contribution in [0.2, 0.25) is 0 Å². The van der Waals surface area contributed by atoms with Crippen LogP contribution in [0.25, 0.3) is 22.3 Å². The fourth-order valence-electron chi connectivity index (χ4n) is 5.03. The Morgan fingerprint density at radius 1 is 0.744 bits per heavy atom. The number of aromatic amines is 1. The number of benzene rings is 3. The van der Waals surface area contributed by atoms with Gasteiger partial charge in [-0.3, -0.25) is 18.6 Å². The smallest absolute Gasteiger partial charge is 0.349 e. The lowest BCUT2D eigenvalue weighted by Gasteiger charge is -2.13. The number of halogens is 5. The lowest BCUT2D eigenvalue weighted by atomic mass is 10.1. The molecule has 12 heteroatoms. The van der Waals surface area contributed by atoms with Crippen molar-refractivity contribution in [3.8, 4) is 11.3 Å². The van der Waals surface area contributed by atoms with Crippen molar-refractivity contribution in [3.05, 3.63) is 146 Å². The number of hydrogen-bond acceptors (Lipinski definition) is 3. The normalized spacial score (nSPS) is 11.8. The van der Waals surface area contributed by atoms with Crippen LogP contribution < -0.4 is 11.2 Å². The van der Waals surface area contributed by atoms with Gasteiger partial charge in [0.05, 0.1) is 42.6 Å². The van der Waals surface area contributed by atoms with Gasteiger partial charge in [-0.15, -0.1) is 0 Å². The molecule has 1 N–H and O–H groups in total. The number of rotatable bonds is 7. The minimum absolute atomic E-state index is 0.0115. The highest BCUT2D eigenvalue weighted by Crippen LogP contribution is 2.32. The van der Waals surface area contributed by atoms with Crippen molar-refractivity contribution in [2.24, 2.45) is 0 Å². The van der Waals surface area contributed by atoms with E-state index in [9.17, 15) is 31.5 Å². The first-order chi connectivity index (χ1) is 20.6. The molecule has 0 bridgehead atoms. The standard InChI is InChI=1S/C31H22F5N5O2/c32-24-11-5-2-8-20(24)17-40-27-13-26(22-14-37-39(16-22)15-19-7-1-4-10-23(19)31(34,35)36)38-28(27)29(42)41(30(40)43)18-21-9-3-6-12-25(21)33/h1-14,16,38H,15,17-18H2. The molecule has 6 aromatic rings. The molecule has 3 aromatic heterocycles. The van der Waals surface area contributed by atoms with Crippen molar-refractivity contribution in [1.29, 1.82) is 0 Å². The molecule has 0 aliphatic heterocycles. The largest absolute Gasteiger partial charge is 0.416 e. The van der Waals surface area contributed by atoms with Gasteiger partial charge in [-0.05, 0) is 29.8 Å². The molecule has 7 nitrogen and oxygen atoms in total. The summed E-state index contributed by atoms with van der Waals surface area (Å²) in [6, 6.07) is 18.3. The molecule has 0 aliphatic rings.